The van der Waals surface area contributed by atoms with E-state index in [1.807, 2.05) is 0 Å². The molecule has 0 atom stereocenters. The SMILES string of the molecule is CC(=O)c1cc2c(cc1C(C)=O)C(=O)N(c1ccccc1)C2=O.CN. The lowest BCUT2D eigenvalue weighted by atomic mass is 9.95. The molecule has 128 valence electrons. The predicted octanol–water partition coefficient (Wildman–Crippen LogP) is 2.47. The topological polar surface area (TPSA) is 97.5 Å². The van der Waals surface area contributed by atoms with E-state index in [2.05, 4.69) is 5.73 Å². The summed E-state index contributed by atoms with van der Waals surface area (Å²) >= 11 is 0. The molecular formula is C19H18N2O4. The Morgan fingerprint density at radius 3 is 1.56 bits per heavy atom. The summed E-state index contributed by atoms with van der Waals surface area (Å²) in [6.45, 7) is 2.65. The number of carbonyl (C=O) groups excluding carboxylic acids is 4. The second-order valence-electron chi connectivity index (χ2n) is 5.34. The number of para-hydroxylation sites is 1. The van der Waals surface area contributed by atoms with Crippen molar-refractivity contribution in [3.8, 4) is 0 Å². The lowest BCUT2D eigenvalue weighted by Gasteiger charge is -2.13. The fourth-order valence-corrected chi connectivity index (χ4v) is 2.68. The van der Waals surface area contributed by atoms with Gasteiger partial charge in [0.1, 0.15) is 0 Å². The minimum atomic E-state index is -0.492. The van der Waals surface area contributed by atoms with E-state index >= 15 is 0 Å². The monoisotopic (exact) mass is 338 g/mol. The van der Waals surface area contributed by atoms with Gasteiger partial charge in [-0.25, -0.2) is 4.90 Å². The van der Waals surface area contributed by atoms with Crippen LogP contribution in [0.15, 0.2) is 42.5 Å². The van der Waals surface area contributed by atoms with Gasteiger partial charge in [0.25, 0.3) is 11.8 Å². The van der Waals surface area contributed by atoms with Gasteiger partial charge in [-0.3, -0.25) is 19.2 Å². The molecule has 6 heteroatoms. The number of nitrogens with two attached hydrogens (primary N) is 1. The Bertz CT molecular complexity index is 819. The highest BCUT2D eigenvalue weighted by Crippen LogP contribution is 2.30. The quantitative estimate of drug-likeness (QED) is 0.685. The Labute approximate surface area is 145 Å². The molecule has 2 N–H and O–H groups in total. The second kappa shape index (κ2) is 7.19. The van der Waals surface area contributed by atoms with Crippen LogP contribution in [-0.2, 0) is 0 Å². The average molecular weight is 338 g/mol. The van der Waals surface area contributed by atoms with E-state index in [9.17, 15) is 19.2 Å². The Hall–Kier alpha value is -3.12. The molecule has 0 saturated carbocycles. The molecule has 0 unspecified atom stereocenters. The van der Waals surface area contributed by atoms with Crippen molar-refractivity contribution in [3.63, 3.8) is 0 Å². The standard InChI is InChI=1S/C18H13NO4.CH5N/c1-10(20)13-8-15-16(9-14(13)11(2)21)18(23)19(17(15)22)12-6-4-3-5-7-12;1-2/h3-9H,1-2H3;2H2,1H3. The first kappa shape index (κ1) is 18.2. The summed E-state index contributed by atoms with van der Waals surface area (Å²) in [5.41, 5.74) is 5.56. The summed E-state index contributed by atoms with van der Waals surface area (Å²) in [7, 11) is 1.50. The van der Waals surface area contributed by atoms with E-state index in [1.165, 1.54) is 33.0 Å². The number of hydrogen-bond acceptors (Lipinski definition) is 5. The highest BCUT2D eigenvalue weighted by molar-refractivity contribution is 6.35. The van der Waals surface area contributed by atoms with E-state index < -0.39 is 11.8 Å². The molecular weight excluding hydrogens is 320 g/mol. The van der Waals surface area contributed by atoms with Crippen LogP contribution in [0.4, 0.5) is 5.69 Å². The Balaban J connectivity index is 0.00000109. The fourth-order valence-electron chi connectivity index (χ4n) is 2.68. The molecule has 25 heavy (non-hydrogen) atoms. The number of benzene rings is 2. The van der Waals surface area contributed by atoms with Crippen LogP contribution in [0, 0.1) is 0 Å². The van der Waals surface area contributed by atoms with E-state index in [0.29, 0.717) is 5.69 Å². The zero-order valence-electron chi connectivity index (χ0n) is 14.2. The number of hydrogen-bond donors (Lipinski definition) is 1. The fraction of sp³-hybridized carbons (Fsp3) is 0.158. The van der Waals surface area contributed by atoms with Crippen molar-refractivity contribution in [1.82, 2.24) is 0 Å². The van der Waals surface area contributed by atoms with Crippen molar-refractivity contribution in [3.05, 3.63) is 64.7 Å². The van der Waals surface area contributed by atoms with Crippen LogP contribution in [0.5, 0.6) is 0 Å². The van der Waals surface area contributed by atoms with Crippen LogP contribution in [0.3, 0.4) is 0 Å². The molecule has 1 aliphatic heterocycles. The van der Waals surface area contributed by atoms with Crippen LogP contribution in [0.1, 0.15) is 55.3 Å². The second-order valence-corrected chi connectivity index (χ2v) is 5.34. The van der Waals surface area contributed by atoms with E-state index in [4.69, 9.17) is 0 Å². The first-order chi connectivity index (χ1) is 11.9. The molecule has 1 heterocycles. The predicted molar refractivity (Wildman–Crippen MR) is 94.1 cm³/mol. The Morgan fingerprint density at radius 2 is 1.20 bits per heavy atom. The lowest BCUT2D eigenvalue weighted by molar-refractivity contribution is 0.0925. The maximum atomic E-state index is 12.6. The van der Waals surface area contributed by atoms with Crippen molar-refractivity contribution in [2.24, 2.45) is 5.73 Å². The van der Waals surface area contributed by atoms with Gasteiger partial charge in [-0.15, -0.1) is 0 Å². The first-order valence-corrected chi connectivity index (χ1v) is 7.63. The molecule has 0 bridgehead atoms. The summed E-state index contributed by atoms with van der Waals surface area (Å²) in [6, 6.07) is 11.2. The third kappa shape index (κ3) is 3.12. The first-order valence-electron chi connectivity index (χ1n) is 7.63. The number of fused-ring (bicyclic) bond motifs is 1. The van der Waals surface area contributed by atoms with Crippen LogP contribution >= 0.6 is 0 Å². The number of amides is 2. The van der Waals surface area contributed by atoms with E-state index in [-0.39, 0.29) is 33.8 Å². The maximum absolute atomic E-state index is 12.6. The number of carbonyl (C=O) groups is 4. The Morgan fingerprint density at radius 1 is 0.800 bits per heavy atom. The largest absolute Gasteiger partial charge is 0.333 e. The van der Waals surface area contributed by atoms with Gasteiger partial charge in [0.2, 0.25) is 0 Å². The van der Waals surface area contributed by atoms with Crippen molar-refractivity contribution in [2.75, 3.05) is 11.9 Å². The summed E-state index contributed by atoms with van der Waals surface area (Å²) in [6.07, 6.45) is 0. The molecule has 0 aliphatic carbocycles. The van der Waals surface area contributed by atoms with Gasteiger partial charge in [-0.05, 0) is 45.2 Å². The van der Waals surface area contributed by atoms with Gasteiger partial charge in [0.15, 0.2) is 11.6 Å². The van der Waals surface area contributed by atoms with Gasteiger partial charge >= 0.3 is 0 Å². The maximum Gasteiger partial charge on any atom is 0.266 e. The summed E-state index contributed by atoms with van der Waals surface area (Å²) < 4.78 is 0. The minimum Gasteiger partial charge on any atom is -0.333 e. The molecule has 2 aromatic carbocycles. The smallest absolute Gasteiger partial charge is 0.266 e. The molecule has 2 aromatic rings. The highest BCUT2D eigenvalue weighted by Gasteiger charge is 2.38. The number of ketones is 2. The number of imide groups is 1. The normalized spacial score (nSPS) is 12.4. The van der Waals surface area contributed by atoms with E-state index in [0.717, 1.165) is 4.90 Å². The molecule has 2 amide bonds. The van der Waals surface area contributed by atoms with Crippen LogP contribution in [-0.4, -0.2) is 30.4 Å². The summed E-state index contributed by atoms with van der Waals surface area (Å²) in [5.74, 6) is -1.63. The van der Waals surface area contributed by atoms with E-state index in [1.54, 1.807) is 30.3 Å². The zero-order valence-corrected chi connectivity index (χ0v) is 14.2. The van der Waals surface area contributed by atoms with Crippen LogP contribution in [0.25, 0.3) is 0 Å². The Kier molecular flexibility index (Phi) is 5.24. The molecule has 0 aromatic heterocycles. The van der Waals surface area contributed by atoms with Crippen molar-refractivity contribution < 1.29 is 19.2 Å². The van der Waals surface area contributed by atoms with Gasteiger partial charge in [0.05, 0.1) is 16.8 Å². The van der Waals surface area contributed by atoms with Crippen LogP contribution in [0.2, 0.25) is 0 Å². The van der Waals surface area contributed by atoms with Crippen molar-refractivity contribution in [1.29, 1.82) is 0 Å². The van der Waals surface area contributed by atoms with Gasteiger partial charge in [0, 0.05) is 11.1 Å². The van der Waals surface area contributed by atoms with Crippen molar-refractivity contribution in [2.45, 2.75) is 13.8 Å². The van der Waals surface area contributed by atoms with Gasteiger partial charge < -0.3 is 5.73 Å². The summed E-state index contributed by atoms with van der Waals surface area (Å²) in [5, 5.41) is 0. The average Bonchev–Trinajstić information content (AvgIpc) is 2.86. The van der Waals surface area contributed by atoms with Crippen molar-refractivity contribution >= 4 is 29.1 Å². The molecule has 3 rings (SSSR count). The number of rotatable bonds is 3. The van der Waals surface area contributed by atoms with Gasteiger partial charge in [-0.2, -0.15) is 0 Å². The third-order valence-corrected chi connectivity index (χ3v) is 3.80. The van der Waals surface area contributed by atoms with Gasteiger partial charge in [-0.1, -0.05) is 18.2 Å². The summed E-state index contributed by atoms with van der Waals surface area (Å²) in [4.78, 5) is 49.7. The molecule has 1 aliphatic rings. The molecule has 6 nitrogen and oxygen atoms in total. The molecule has 0 saturated heterocycles. The number of Topliss-reactive ketones (excluding diaryl/α,β-unsaturated/α-hetero) is 2. The lowest BCUT2D eigenvalue weighted by Crippen LogP contribution is -2.29. The molecule has 0 fully saturated rings. The minimum absolute atomic E-state index is 0.147. The third-order valence-electron chi connectivity index (χ3n) is 3.80. The molecule has 0 spiro atoms. The van der Waals surface area contributed by atoms with Crippen LogP contribution < -0.4 is 10.6 Å². The highest BCUT2D eigenvalue weighted by atomic mass is 16.2. The molecule has 0 radical (unpaired) electrons. The number of nitrogens with zero attached hydrogens (tertiary/aromatic N) is 1. The zero-order chi connectivity index (χ0) is 18.7. The number of anilines is 1.